The van der Waals surface area contributed by atoms with Crippen molar-refractivity contribution in [2.24, 2.45) is 0 Å². The minimum atomic E-state index is -3.82. The number of hydrogen-bond donors (Lipinski definition) is 0. The normalized spacial score (nSPS) is 14.2. The Balaban J connectivity index is 1.45. The third-order valence-electron chi connectivity index (χ3n) is 8.14. The van der Waals surface area contributed by atoms with Gasteiger partial charge < -0.3 is 9.80 Å². The average molecular weight is 604 g/mol. The van der Waals surface area contributed by atoms with E-state index < -0.39 is 10.0 Å². The molecule has 0 aliphatic carbocycles. The highest BCUT2D eigenvalue weighted by Gasteiger charge is 2.33. The molecule has 0 saturated carbocycles. The lowest BCUT2D eigenvalue weighted by molar-refractivity contribution is -0.135. The first-order valence-electron chi connectivity index (χ1n) is 15.6. The van der Waals surface area contributed by atoms with Crippen molar-refractivity contribution in [3.63, 3.8) is 0 Å². The summed E-state index contributed by atoms with van der Waals surface area (Å²) >= 11 is 0. The highest BCUT2D eigenvalue weighted by molar-refractivity contribution is 7.89. The van der Waals surface area contributed by atoms with Crippen molar-refractivity contribution in [3.05, 3.63) is 102 Å². The molecule has 230 valence electrons. The van der Waals surface area contributed by atoms with Gasteiger partial charge in [-0.15, -0.1) is 0 Å². The van der Waals surface area contributed by atoms with Crippen LogP contribution in [0.2, 0.25) is 0 Å². The quantitative estimate of drug-likeness (QED) is 0.207. The second-order valence-electron chi connectivity index (χ2n) is 11.3. The maximum Gasteiger partial charge on any atom is 0.253 e. The number of sulfonamides is 1. The Bertz CT molecular complexity index is 1400. The molecule has 3 aromatic carbocycles. The number of aryl methyl sites for hydroxylation is 1. The number of nitrogens with zero attached hydrogens (tertiary/aromatic N) is 3. The minimum absolute atomic E-state index is 0.0163. The number of rotatable bonds is 14. The van der Waals surface area contributed by atoms with E-state index in [1.807, 2.05) is 59.2 Å². The summed E-state index contributed by atoms with van der Waals surface area (Å²) in [6, 6.07) is 25.9. The van der Waals surface area contributed by atoms with E-state index in [1.165, 1.54) is 22.7 Å². The Morgan fingerprint density at radius 2 is 1.42 bits per heavy atom. The summed E-state index contributed by atoms with van der Waals surface area (Å²) in [5, 5.41) is 0. The van der Waals surface area contributed by atoms with E-state index in [-0.39, 0.29) is 35.8 Å². The van der Waals surface area contributed by atoms with Gasteiger partial charge in [-0.05, 0) is 67.5 Å². The third kappa shape index (κ3) is 8.77. The van der Waals surface area contributed by atoms with Gasteiger partial charge in [-0.3, -0.25) is 9.59 Å². The first kappa shape index (κ1) is 32.4. The molecule has 0 radical (unpaired) electrons. The van der Waals surface area contributed by atoms with Gasteiger partial charge in [0.2, 0.25) is 15.9 Å². The van der Waals surface area contributed by atoms with Crippen LogP contribution in [0.5, 0.6) is 0 Å². The summed E-state index contributed by atoms with van der Waals surface area (Å²) in [5.74, 6) is -0.206. The highest BCUT2D eigenvalue weighted by Crippen LogP contribution is 2.23. The maximum atomic E-state index is 13.9. The summed E-state index contributed by atoms with van der Waals surface area (Å²) in [4.78, 5) is 31.1. The molecule has 8 heteroatoms. The second kappa shape index (κ2) is 15.8. The summed E-state index contributed by atoms with van der Waals surface area (Å²) in [5.41, 5.74) is 2.93. The van der Waals surface area contributed by atoms with Gasteiger partial charge in [-0.25, -0.2) is 8.42 Å². The molecule has 0 unspecified atom stereocenters. The van der Waals surface area contributed by atoms with E-state index in [4.69, 9.17) is 0 Å². The monoisotopic (exact) mass is 603 g/mol. The number of unbranched alkanes of at least 4 members (excludes halogenated alkanes) is 2. The summed E-state index contributed by atoms with van der Waals surface area (Å²) < 4.78 is 28.2. The Morgan fingerprint density at radius 1 is 0.791 bits per heavy atom. The van der Waals surface area contributed by atoms with Gasteiger partial charge in [-0.1, -0.05) is 87.4 Å². The molecule has 0 bridgehead atoms. The zero-order chi connectivity index (χ0) is 30.7. The second-order valence-corrected chi connectivity index (χ2v) is 13.3. The van der Waals surface area contributed by atoms with Crippen LogP contribution in [0.4, 0.5) is 0 Å². The zero-order valence-electron chi connectivity index (χ0n) is 25.5. The lowest BCUT2D eigenvalue weighted by Gasteiger charge is -2.39. The molecule has 0 atom stereocenters. The minimum Gasteiger partial charge on any atom is -0.338 e. The maximum absolute atomic E-state index is 13.9. The molecule has 1 aliphatic heterocycles. The highest BCUT2D eigenvalue weighted by atomic mass is 32.2. The number of hydrogen-bond acceptors (Lipinski definition) is 4. The van der Waals surface area contributed by atoms with Crippen LogP contribution >= 0.6 is 0 Å². The van der Waals surface area contributed by atoms with Crippen LogP contribution in [0.1, 0.15) is 73.9 Å². The molecule has 4 rings (SSSR count). The Morgan fingerprint density at radius 3 is 2.02 bits per heavy atom. The van der Waals surface area contributed by atoms with Crippen LogP contribution in [0.3, 0.4) is 0 Å². The van der Waals surface area contributed by atoms with E-state index in [9.17, 15) is 18.0 Å². The molecular weight excluding hydrogens is 558 g/mol. The van der Waals surface area contributed by atoms with Crippen molar-refractivity contribution >= 4 is 21.8 Å². The number of piperidine rings is 1. The van der Waals surface area contributed by atoms with Crippen LogP contribution in [-0.2, 0) is 27.8 Å². The van der Waals surface area contributed by atoms with Crippen molar-refractivity contribution in [2.75, 3.05) is 26.2 Å². The van der Waals surface area contributed by atoms with Gasteiger partial charge in [-0.2, -0.15) is 4.31 Å². The molecule has 1 aliphatic rings. The fourth-order valence-electron chi connectivity index (χ4n) is 5.67. The van der Waals surface area contributed by atoms with Gasteiger partial charge in [0.1, 0.15) is 0 Å². The van der Waals surface area contributed by atoms with Crippen molar-refractivity contribution in [2.45, 2.75) is 76.3 Å². The molecule has 3 aromatic rings. The molecule has 0 aromatic heterocycles. The summed E-state index contributed by atoms with van der Waals surface area (Å²) in [6.07, 6.45) is 6.45. The van der Waals surface area contributed by atoms with Gasteiger partial charge in [0.15, 0.2) is 0 Å². The van der Waals surface area contributed by atoms with Crippen molar-refractivity contribution in [3.8, 4) is 0 Å². The van der Waals surface area contributed by atoms with Crippen molar-refractivity contribution in [1.29, 1.82) is 0 Å². The van der Waals surface area contributed by atoms with E-state index in [0.717, 1.165) is 18.4 Å². The molecule has 0 N–H and O–H groups in total. The summed E-state index contributed by atoms with van der Waals surface area (Å²) in [6.45, 7) is 5.62. The van der Waals surface area contributed by atoms with E-state index in [2.05, 4.69) is 19.1 Å². The smallest absolute Gasteiger partial charge is 0.253 e. The molecule has 1 heterocycles. The van der Waals surface area contributed by atoms with Crippen LogP contribution < -0.4 is 0 Å². The fourth-order valence-corrected chi connectivity index (χ4v) is 7.18. The van der Waals surface area contributed by atoms with Crippen molar-refractivity contribution in [1.82, 2.24) is 14.1 Å². The Kier molecular flexibility index (Phi) is 11.9. The van der Waals surface area contributed by atoms with Crippen LogP contribution in [-0.4, -0.2) is 66.6 Å². The number of amides is 2. The molecular formula is C35H45N3O4S. The Hall–Kier alpha value is -3.49. The lowest BCUT2D eigenvalue weighted by Crippen LogP contribution is -2.51. The van der Waals surface area contributed by atoms with Gasteiger partial charge in [0.05, 0.1) is 11.4 Å². The number of likely N-dealkylation sites (tertiary alicyclic amines) is 1. The summed E-state index contributed by atoms with van der Waals surface area (Å²) in [7, 11) is -3.82. The number of benzene rings is 3. The van der Waals surface area contributed by atoms with E-state index >= 15 is 0 Å². The van der Waals surface area contributed by atoms with E-state index in [0.29, 0.717) is 44.5 Å². The molecule has 0 spiro atoms. The predicted octanol–water partition coefficient (Wildman–Crippen LogP) is 6.15. The zero-order valence-corrected chi connectivity index (χ0v) is 26.3. The van der Waals surface area contributed by atoms with Gasteiger partial charge in [0, 0.05) is 37.8 Å². The lowest BCUT2D eigenvalue weighted by atomic mass is 10.00. The topological polar surface area (TPSA) is 78.0 Å². The van der Waals surface area contributed by atoms with Crippen LogP contribution in [0.25, 0.3) is 0 Å². The standard InChI is InChI=1S/C35H45N3O4S/c1-3-5-8-13-29-18-20-31(21-19-29)35(40)36-25-22-32(23-26-36)38(27-30-14-9-6-10-15-30)34(39)28-37(24-4-2)43(41,42)33-16-11-7-12-17-33/h6-7,9-12,14-21,32H,3-5,8,13,22-28H2,1-2H3. The molecule has 1 fully saturated rings. The first-order chi connectivity index (χ1) is 20.8. The number of carbonyl (C=O) groups is 2. The molecule has 2 amide bonds. The molecule has 7 nitrogen and oxygen atoms in total. The SMILES string of the molecule is CCCCCc1ccc(C(=O)N2CCC(N(Cc3ccccc3)C(=O)CN(CCC)S(=O)(=O)c3ccccc3)CC2)cc1. The van der Waals surface area contributed by atoms with Gasteiger partial charge in [0.25, 0.3) is 5.91 Å². The Labute approximate surface area is 257 Å². The largest absolute Gasteiger partial charge is 0.338 e. The predicted molar refractivity (Wildman–Crippen MR) is 171 cm³/mol. The van der Waals surface area contributed by atoms with Gasteiger partial charge >= 0.3 is 0 Å². The van der Waals surface area contributed by atoms with Crippen LogP contribution in [0, 0.1) is 0 Å². The first-order valence-corrected chi connectivity index (χ1v) is 17.0. The van der Waals surface area contributed by atoms with Crippen molar-refractivity contribution < 1.29 is 18.0 Å². The molecule has 1 saturated heterocycles. The fraction of sp³-hybridized carbons (Fsp3) is 0.429. The van der Waals surface area contributed by atoms with Crippen LogP contribution in [0.15, 0.2) is 89.8 Å². The number of carbonyl (C=O) groups excluding carboxylic acids is 2. The van der Waals surface area contributed by atoms with E-state index in [1.54, 1.807) is 30.3 Å². The average Bonchev–Trinajstić information content (AvgIpc) is 3.04. The third-order valence-corrected chi connectivity index (χ3v) is 10.0. The molecule has 43 heavy (non-hydrogen) atoms.